The SMILES string of the molecule is CN1CCS/C1=C/C=C/c1sc2ccc3ccccc3c2[n+]1CCCS(=O)(=O)O. The predicted molar refractivity (Wildman–Crippen MR) is 123 cm³/mol. The van der Waals surface area contributed by atoms with Crippen molar-refractivity contribution >= 4 is 60.3 Å². The van der Waals surface area contributed by atoms with Gasteiger partial charge in [0, 0.05) is 31.8 Å². The molecule has 2 aromatic carbocycles. The Morgan fingerprint density at radius 1 is 1.24 bits per heavy atom. The van der Waals surface area contributed by atoms with Crippen molar-refractivity contribution in [1.82, 2.24) is 4.90 Å². The van der Waals surface area contributed by atoms with Gasteiger partial charge in [-0.15, -0.1) is 11.8 Å². The molecule has 0 unspecified atom stereocenters. The van der Waals surface area contributed by atoms with Crippen LogP contribution in [0.3, 0.4) is 0 Å². The maximum atomic E-state index is 11.2. The van der Waals surface area contributed by atoms with Gasteiger partial charge in [0.25, 0.3) is 15.1 Å². The van der Waals surface area contributed by atoms with Crippen LogP contribution in [0.4, 0.5) is 0 Å². The van der Waals surface area contributed by atoms with E-state index in [1.165, 1.54) is 5.03 Å². The van der Waals surface area contributed by atoms with Crippen LogP contribution in [0.2, 0.25) is 0 Å². The Morgan fingerprint density at radius 2 is 2.07 bits per heavy atom. The van der Waals surface area contributed by atoms with Crippen molar-refractivity contribution in [2.75, 3.05) is 25.1 Å². The summed E-state index contributed by atoms with van der Waals surface area (Å²) in [4.78, 5) is 2.24. The van der Waals surface area contributed by atoms with Crippen LogP contribution in [0.1, 0.15) is 11.4 Å². The quantitative estimate of drug-likeness (QED) is 0.454. The standard InChI is InChI=1S/C21H22N2O3S3/c1-22-13-14-27-19(22)8-4-9-20-23(12-5-15-29(24,25)26)21-17-7-3-2-6-16(17)10-11-18(21)28-20/h2-4,6-11H,5,12-15H2,1H3/p+1. The molecule has 1 saturated heterocycles. The Hall–Kier alpha value is -1.87. The Morgan fingerprint density at radius 3 is 2.83 bits per heavy atom. The number of thiazole rings is 1. The number of hydrogen-bond acceptors (Lipinski definition) is 5. The smallest absolute Gasteiger partial charge is 0.265 e. The maximum absolute atomic E-state index is 11.2. The van der Waals surface area contributed by atoms with Gasteiger partial charge in [-0.3, -0.25) is 4.55 Å². The highest BCUT2D eigenvalue weighted by molar-refractivity contribution is 8.03. The molecule has 2 heterocycles. The Bertz CT molecular complexity index is 1210. The molecule has 1 aromatic heterocycles. The maximum Gasteiger partial charge on any atom is 0.265 e. The molecule has 8 heteroatoms. The minimum atomic E-state index is -3.97. The van der Waals surface area contributed by atoms with Gasteiger partial charge in [0.15, 0.2) is 6.54 Å². The Labute approximate surface area is 179 Å². The average Bonchev–Trinajstić information content (AvgIpc) is 3.24. The molecule has 4 rings (SSSR count). The van der Waals surface area contributed by atoms with Crippen LogP contribution in [0, 0.1) is 0 Å². The highest BCUT2D eigenvalue weighted by Crippen LogP contribution is 2.29. The highest BCUT2D eigenvalue weighted by Gasteiger charge is 2.22. The minimum Gasteiger partial charge on any atom is -0.369 e. The number of fused-ring (bicyclic) bond motifs is 3. The molecular weight excluding hydrogens is 424 g/mol. The molecule has 1 N–H and O–H groups in total. The summed E-state index contributed by atoms with van der Waals surface area (Å²) in [6.07, 6.45) is 6.64. The van der Waals surface area contributed by atoms with E-state index in [2.05, 4.69) is 59.0 Å². The zero-order chi connectivity index (χ0) is 20.4. The van der Waals surface area contributed by atoms with E-state index in [1.54, 1.807) is 11.3 Å². The molecule has 0 atom stereocenters. The van der Waals surface area contributed by atoms with Crippen LogP contribution in [0.25, 0.3) is 27.1 Å². The lowest BCUT2D eigenvalue weighted by atomic mass is 10.1. The Kier molecular flexibility index (Phi) is 5.96. The second-order valence-corrected chi connectivity index (χ2v) is 10.7. The number of allylic oxidation sites excluding steroid dienone is 2. The number of hydrogen-bond donors (Lipinski definition) is 1. The number of aryl methyl sites for hydroxylation is 1. The number of aromatic nitrogens is 1. The summed E-state index contributed by atoms with van der Waals surface area (Å²) in [6.45, 7) is 1.59. The first-order chi connectivity index (χ1) is 13.9. The zero-order valence-electron chi connectivity index (χ0n) is 16.1. The molecule has 5 nitrogen and oxygen atoms in total. The van der Waals surface area contributed by atoms with Crippen molar-refractivity contribution in [3.05, 3.63) is 58.6 Å². The van der Waals surface area contributed by atoms with E-state index >= 15 is 0 Å². The van der Waals surface area contributed by atoms with Crippen LogP contribution in [0.15, 0.2) is 53.6 Å². The number of benzene rings is 2. The molecule has 3 aromatic rings. The molecular formula is C21H23N2O3S3+. The van der Waals surface area contributed by atoms with Crippen LogP contribution in [-0.2, 0) is 16.7 Å². The molecule has 0 saturated carbocycles. The van der Waals surface area contributed by atoms with Gasteiger partial charge < -0.3 is 4.90 Å². The summed E-state index contributed by atoms with van der Waals surface area (Å²) in [6, 6.07) is 12.5. The van der Waals surface area contributed by atoms with E-state index in [0.29, 0.717) is 13.0 Å². The molecule has 152 valence electrons. The second-order valence-electron chi connectivity index (χ2n) is 7.00. The van der Waals surface area contributed by atoms with Crippen LogP contribution < -0.4 is 4.57 Å². The first-order valence-corrected chi connectivity index (χ1v) is 12.8. The van der Waals surface area contributed by atoms with Gasteiger partial charge in [0.2, 0.25) is 5.52 Å². The predicted octanol–water partition coefficient (Wildman–Crippen LogP) is 4.15. The lowest BCUT2D eigenvalue weighted by Crippen LogP contribution is -2.36. The third-order valence-corrected chi connectivity index (χ3v) is 7.98. The van der Waals surface area contributed by atoms with Gasteiger partial charge in [-0.05, 0) is 23.6 Å². The van der Waals surface area contributed by atoms with Crippen molar-refractivity contribution in [2.24, 2.45) is 0 Å². The van der Waals surface area contributed by atoms with E-state index in [9.17, 15) is 8.42 Å². The van der Waals surface area contributed by atoms with Crippen molar-refractivity contribution in [3.63, 3.8) is 0 Å². The monoisotopic (exact) mass is 447 g/mol. The van der Waals surface area contributed by atoms with E-state index in [4.69, 9.17) is 4.55 Å². The van der Waals surface area contributed by atoms with Crippen molar-refractivity contribution in [3.8, 4) is 0 Å². The fourth-order valence-corrected chi connectivity index (χ4v) is 6.19. The lowest BCUT2D eigenvalue weighted by molar-refractivity contribution is -0.667. The summed E-state index contributed by atoms with van der Waals surface area (Å²) in [5.74, 6) is 0.872. The molecule has 0 amide bonds. The van der Waals surface area contributed by atoms with E-state index in [0.717, 1.165) is 38.3 Å². The highest BCUT2D eigenvalue weighted by atomic mass is 32.2. The molecule has 1 fully saturated rings. The van der Waals surface area contributed by atoms with E-state index in [-0.39, 0.29) is 5.75 Å². The molecule has 0 bridgehead atoms. The van der Waals surface area contributed by atoms with E-state index in [1.807, 2.05) is 23.9 Å². The van der Waals surface area contributed by atoms with Gasteiger partial charge in [-0.1, -0.05) is 41.7 Å². The van der Waals surface area contributed by atoms with Crippen molar-refractivity contribution in [1.29, 1.82) is 0 Å². The van der Waals surface area contributed by atoms with E-state index < -0.39 is 10.1 Å². The van der Waals surface area contributed by atoms with Gasteiger partial charge in [-0.2, -0.15) is 13.0 Å². The van der Waals surface area contributed by atoms with Crippen LogP contribution in [-0.4, -0.2) is 43.0 Å². The van der Waals surface area contributed by atoms with Crippen LogP contribution in [0.5, 0.6) is 0 Å². The van der Waals surface area contributed by atoms with Gasteiger partial charge in [0.05, 0.1) is 16.2 Å². The van der Waals surface area contributed by atoms with Gasteiger partial charge in [-0.25, -0.2) is 0 Å². The minimum absolute atomic E-state index is 0.239. The summed E-state index contributed by atoms with van der Waals surface area (Å²) in [5, 5.41) is 4.63. The fraction of sp³-hybridized carbons (Fsp3) is 0.286. The summed E-state index contributed by atoms with van der Waals surface area (Å²) >= 11 is 3.55. The second kappa shape index (κ2) is 8.47. The molecule has 29 heavy (non-hydrogen) atoms. The van der Waals surface area contributed by atoms with Crippen molar-refractivity contribution < 1.29 is 17.5 Å². The van der Waals surface area contributed by atoms with Crippen LogP contribution >= 0.6 is 23.1 Å². The molecule has 0 radical (unpaired) electrons. The summed E-state index contributed by atoms with van der Waals surface area (Å²) < 4.78 is 34.8. The number of rotatable bonds is 6. The molecule has 1 aliphatic heterocycles. The lowest BCUT2D eigenvalue weighted by Gasteiger charge is -2.09. The fourth-order valence-electron chi connectivity index (χ4n) is 3.52. The zero-order valence-corrected chi connectivity index (χ0v) is 18.6. The Balaban J connectivity index is 1.75. The first kappa shape index (κ1) is 20.4. The van der Waals surface area contributed by atoms with Crippen molar-refractivity contribution in [2.45, 2.75) is 13.0 Å². The largest absolute Gasteiger partial charge is 0.369 e. The topological polar surface area (TPSA) is 61.5 Å². The number of nitrogens with zero attached hydrogens (tertiary/aromatic N) is 2. The van der Waals surface area contributed by atoms with Gasteiger partial charge >= 0.3 is 0 Å². The first-order valence-electron chi connectivity index (χ1n) is 9.44. The third kappa shape index (κ3) is 4.66. The summed E-state index contributed by atoms with van der Waals surface area (Å²) in [7, 11) is -1.87. The average molecular weight is 448 g/mol. The summed E-state index contributed by atoms with van der Waals surface area (Å²) in [5.41, 5.74) is 1.11. The normalized spacial score (nSPS) is 16.8. The number of thioether (sulfide) groups is 1. The third-order valence-electron chi connectivity index (χ3n) is 4.93. The molecule has 1 aliphatic rings. The van der Waals surface area contributed by atoms with Gasteiger partial charge in [0.1, 0.15) is 4.70 Å². The molecule has 0 aliphatic carbocycles. The molecule has 0 spiro atoms.